The molecule has 18 heavy (non-hydrogen) atoms. The van der Waals surface area contributed by atoms with Crippen molar-refractivity contribution in [2.75, 3.05) is 17.6 Å². The third-order valence-corrected chi connectivity index (χ3v) is 5.93. The van der Waals surface area contributed by atoms with Crippen LogP contribution in [0.3, 0.4) is 0 Å². The Balaban J connectivity index is 1.81. The minimum absolute atomic E-state index is 0.162. The number of hydrogen-bond acceptors (Lipinski definition) is 2. The maximum atomic E-state index is 11.9. The fourth-order valence-corrected chi connectivity index (χ4v) is 3.70. The van der Waals surface area contributed by atoms with Crippen molar-refractivity contribution >= 4 is 26.0 Å². The first kappa shape index (κ1) is 14.0. The van der Waals surface area contributed by atoms with Crippen LogP contribution >= 0.6 is 15.9 Å². The van der Waals surface area contributed by atoms with Crippen molar-refractivity contribution in [3.05, 3.63) is 35.9 Å². The Morgan fingerprint density at radius 2 is 1.89 bits per heavy atom. The average Bonchev–Trinajstić information content (AvgIpc) is 3.17. The lowest BCUT2D eigenvalue weighted by Crippen LogP contribution is -2.33. The first-order chi connectivity index (χ1) is 8.55. The maximum Gasteiger partial charge on any atom is 0.211 e. The van der Waals surface area contributed by atoms with Gasteiger partial charge in [0.05, 0.1) is 5.75 Å². The van der Waals surface area contributed by atoms with E-state index in [2.05, 4.69) is 20.7 Å². The number of sulfonamides is 1. The summed E-state index contributed by atoms with van der Waals surface area (Å²) in [5, 5.41) is 0.876. The van der Waals surface area contributed by atoms with Crippen molar-refractivity contribution in [2.24, 2.45) is 5.41 Å². The molecule has 0 bridgehead atoms. The molecule has 0 unspecified atom stereocenters. The van der Waals surface area contributed by atoms with Gasteiger partial charge in [0.2, 0.25) is 10.0 Å². The zero-order valence-electron chi connectivity index (χ0n) is 10.2. The molecule has 2 rings (SSSR count). The zero-order chi connectivity index (χ0) is 13.1. The Hall–Kier alpha value is -0.390. The first-order valence-corrected chi connectivity index (χ1v) is 8.90. The smallest absolute Gasteiger partial charge is 0.211 e. The Kier molecular flexibility index (Phi) is 4.45. The van der Waals surface area contributed by atoms with Crippen LogP contribution < -0.4 is 4.72 Å². The summed E-state index contributed by atoms with van der Waals surface area (Å²) in [6.07, 6.45) is 2.79. The third-order valence-electron chi connectivity index (χ3n) is 3.41. The van der Waals surface area contributed by atoms with Gasteiger partial charge in [0.15, 0.2) is 0 Å². The van der Waals surface area contributed by atoms with Crippen molar-refractivity contribution in [3.63, 3.8) is 0 Å². The molecule has 3 nitrogen and oxygen atoms in total. The van der Waals surface area contributed by atoms with Crippen LogP contribution in [0.2, 0.25) is 0 Å². The van der Waals surface area contributed by atoms with E-state index in [0.717, 1.165) is 23.7 Å². The van der Waals surface area contributed by atoms with Gasteiger partial charge in [-0.1, -0.05) is 46.3 Å². The van der Waals surface area contributed by atoms with Gasteiger partial charge in [-0.15, -0.1) is 0 Å². The van der Waals surface area contributed by atoms with Gasteiger partial charge in [-0.25, -0.2) is 13.1 Å². The van der Waals surface area contributed by atoms with Gasteiger partial charge in [-0.3, -0.25) is 0 Å². The van der Waals surface area contributed by atoms with E-state index in [4.69, 9.17) is 0 Å². The van der Waals surface area contributed by atoms with Gasteiger partial charge >= 0.3 is 0 Å². The normalized spacial score (nSPS) is 17.6. The van der Waals surface area contributed by atoms with E-state index in [0.29, 0.717) is 13.0 Å². The molecule has 0 radical (unpaired) electrons. The molecule has 100 valence electrons. The van der Waals surface area contributed by atoms with Crippen molar-refractivity contribution < 1.29 is 8.42 Å². The maximum absolute atomic E-state index is 11.9. The average molecular weight is 332 g/mol. The van der Waals surface area contributed by atoms with Crippen LogP contribution in [0.4, 0.5) is 0 Å². The van der Waals surface area contributed by atoms with Gasteiger partial charge in [0.1, 0.15) is 0 Å². The molecule has 0 aliphatic heterocycles. The molecule has 1 N–H and O–H groups in total. The monoisotopic (exact) mass is 331 g/mol. The number of rotatable bonds is 7. The van der Waals surface area contributed by atoms with Crippen LogP contribution in [0.5, 0.6) is 0 Å². The Labute approximate surface area is 117 Å². The number of benzene rings is 1. The number of alkyl halides is 1. The van der Waals surface area contributed by atoms with E-state index in [1.54, 1.807) is 0 Å². The molecule has 0 aromatic heterocycles. The van der Waals surface area contributed by atoms with Crippen LogP contribution in [-0.2, 0) is 16.4 Å². The summed E-state index contributed by atoms with van der Waals surface area (Å²) in [5.41, 5.74) is 1.24. The summed E-state index contributed by atoms with van der Waals surface area (Å²) in [5.74, 6) is 0.162. The lowest BCUT2D eigenvalue weighted by molar-refractivity contribution is 0.538. The van der Waals surface area contributed by atoms with Gasteiger partial charge in [-0.2, -0.15) is 0 Å². The molecular formula is C13H18BrNO2S. The Morgan fingerprint density at radius 1 is 1.22 bits per heavy atom. The molecule has 1 aromatic rings. The highest BCUT2D eigenvalue weighted by molar-refractivity contribution is 9.09. The lowest BCUT2D eigenvalue weighted by Gasteiger charge is -2.13. The molecule has 1 saturated carbocycles. The van der Waals surface area contributed by atoms with Crippen LogP contribution in [0.15, 0.2) is 30.3 Å². The predicted octanol–water partition coefficient (Wildman–Crippen LogP) is 2.32. The van der Waals surface area contributed by atoms with Crippen molar-refractivity contribution in [3.8, 4) is 0 Å². The standard InChI is InChI=1S/C13H18BrNO2S/c14-10-13(7-8-13)11-15-18(16,17)9-6-12-4-2-1-3-5-12/h1-5,15H,6-11H2. The summed E-state index contributed by atoms with van der Waals surface area (Å²) in [6.45, 7) is 0.565. The highest BCUT2D eigenvalue weighted by Crippen LogP contribution is 2.46. The van der Waals surface area contributed by atoms with Crippen LogP contribution in [0.25, 0.3) is 0 Å². The summed E-state index contributed by atoms with van der Waals surface area (Å²) in [4.78, 5) is 0. The zero-order valence-corrected chi connectivity index (χ0v) is 12.6. The molecule has 1 fully saturated rings. The highest BCUT2D eigenvalue weighted by atomic mass is 79.9. The van der Waals surface area contributed by atoms with E-state index in [-0.39, 0.29) is 11.2 Å². The SMILES string of the molecule is O=S(=O)(CCc1ccccc1)NCC1(CBr)CC1. The molecule has 0 heterocycles. The largest absolute Gasteiger partial charge is 0.215 e. The Bertz CT molecular complexity index is 483. The first-order valence-electron chi connectivity index (χ1n) is 6.13. The molecule has 5 heteroatoms. The number of aryl methyl sites for hydroxylation is 1. The molecule has 0 spiro atoms. The summed E-state index contributed by atoms with van der Waals surface area (Å²) < 4.78 is 26.5. The topological polar surface area (TPSA) is 46.2 Å². The second-order valence-electron chi connectivity index (χ2n) is 5.01. The molecule has 0 saturated heterocycles. The van der Waals surface area contributed by atoms with Crippen LogP contribution in [0, 0.1) is 5.41 Å². The summed E-state index contributed by atoms with van der Waals surface area (Å²) in [7, 11) is -3.15. The quantitative estimate of drug-likeness (QED) is 0.779. The highest BCUT2D eigenvalue weighted by Gasteiger charge is 2.41. The molecule has 0 amide bonds. The van der Waals surface area contributed by atoms with Crippen molar-refractivity contribution in [1.82, 2.24) is 4.72 Å². The van der Waals surface area contributed by atoms with Crippen molar-refractivity contribution in [1.29, 1.82) is 0 Å². The second-order valence-corrected chi connectivity index (χ2v) is 7.50. The molecule has 1 aliphatic rings. The lowest BCUT2D eigenvalue weighted by atomic mass is 10.1. The minimum Gasteiger partial charge on any atom is -0.215 e. The molecule has 1 aromatic carbocycles. The van der Waals surface area contributed by atoms with Crippen LogP contribution in [-0.4, -0.2) is 26.0 Å². The number of hydrogen-bond donors (Lipinski definition) is 1. The fraction of sp³-hybridized carbons (Fsp3) is 0.538. The van der Waals surface area contributed by atoms with Crippen LogP contribution in [0.1, 0.15) is 18.4 Å². The number of halogens is 1. The van der Waals surface area contributed by atoms with E-state index >= 15 is 0 Å². The minimum atomic E-state index is -3.15. The van der Waals surface area contributed by atoms with E-state index in [1.165, 1.54) is 0 Å². The van der Waals surface area contributed by atoms with Gasteiger partial charge in [0.25, 0.3) is 0 Å². The Morgan fingerprint density at radius 3 is 2.44 bits per heavy atom. The summed E-state index contributed by atoms with van der Waals surface area (Å²) in [6, 6.07) is 9.70. The third kappa shape index (κ3) is 4.07. The fourth-order valence-electron chi connectivity index (χ4n) is 1.77. The number of nitrogens with one attached hydrogen (secondary N) is 1. The van der Waals surface area contributed by atoms with Gasteiger partial charge < -0.3 is 0 Å². The second kappa shape index (κ2) is 5.72. The van der Waals surface area contributed by atoms with Crippen molar-refractivity contribution in [2.45, 2.75) is 19.3 Å². The van der Waals surface area contributed by atoms with E-state index in [9.17, 15) is 8.42 Å². The van der Waals surface area contributed by atoms with E-state index < -0.39 is 10.0 Å². The van der Waals surface area contributed by atoms with Gasteiger partial charge in [0, 0.05) is 11.9 Å². The predicted molar refractivity (Wildman–Crippen MR) is 77.4 cm³/mol. The summed E-state index contributed by atoms with van der Waals surface area (Å²) >= 11 is 3.44. The van der Waals surface area contributed by atoms with Gasteiger partial charge in [-0.05, 0) is 30.2 Å². The van der Waals surface area contributed by atoms with E-state index in [1.807, 2.05) is 30.3 Å². The molecular weight excluding hydrogens is 314 g/mol. The molecule has 0 atom stereocenters. The molecule has 1 aliphatic carbocycles.